The highest BCUT2D eigenvalue weighted by molar-refractivity contribution is 6.05. The molecule has 0 atom stereocenters. The summed E-state index contributed by atoms with van der Waals surface area (Å²) in [6.07, 6.45) is 8.04. The molecule has 0 heterocycles. The number of nitrogens with zero attached hydrogens (tertiary/aromatic N) is 2. The molecule has 29 heavy (non-hydrogen) atoms. The second-order valence-corrected chi connectivity index (χ2v) is 7.36. The fraction of sp³-hybridized carbons (Fsp3) is 0.136. The van der Waals surface area contributed by atoms with Crippen molar-refractivity contribution in [3.8, 4) is 11.1 Å². The van der Waals surface area contributed by atoms with Crippen molar-refractivity contribution in [1.82, 2.24) is 0 Å². The number of hydrogen-bond donors (Lipinski definition) is 0. The van der Waals surface area contributed by atoms with E-state index >= 15 is 0 Å². The molecule has 142 valence electrons. The van der Waals surface area contributed by atoms with Gasteiger partial charge in [-0.3, -0.25) is 25.0 Å². The van der Waals surface area contributed by atoms with Gasteiger partial charge in [-0.05, 0) is 46.4 Å². The van der Waals surface area contributed by atoms with E-state index in [4.69, 9.17) is 0 Å². The van der Waals surface area contributed by atoms with Gasteiger partial charge >= 0.3 is 0 Å². The number of ketones is 1. The Balaban J connectivity index is 1.88. The number of carbonyl (C=O) groups excluding carboxylic acids is 1. The fourth-order valence-electron chi connectivity index (χ4n) is 4.83. The number of nitro benzene ring substituents is 2. The van der Waals surface area contributed by atoms with Crippen LogP contribution in [0.5, 0.6) is 0 Å². The standard InChI is InChI=1S/C22H14N2O5/c25-21-12-22(18-5-3-1-2-4-17(18)21)19-10-13(23(26)27)6-8-15(19)16-9-7-14(24(28)29)11-20(16)22/h1-3,5-11H,4,12H2. The third-order valence-corrected chi connectivity index (χ3v) is 6.02. The molecule has 0 fully saturated rings. The van der Waals surface area contributed by atoms with Gasteiger partial charge in [-0.2, -0.15) is 0 Å². The van der Waals surface area contributed by atoms with Crippen LogP contribution >= 0.6 is 0 Å². The van der Waals surface area contributed by atoms with Crippen molar-refractivity contribution in [2.75, 3.05) is 0 Å². The third-order valence-electron chi connectivity index (χ3n) is 6.02. The van der Waals surface area contributed by atoms with Gasteiger partial charge in [0.2, 0.25) is 0 Å². The molecule has 2 aromatic carbocycles. The number of nitro groups is 2. The van der Waals surface area contributed by atoms with Gasteiger partial charge in [-0.25, -0.2) is 0 Å². The molecule has 0 saturated heterocycles. The number of benzene rings is 2. The molecule has 0 aromatic heterocycles. The number of hydrogen-bond acceptors (Lipinski definition) is 5. The molecule has 0 amide bonds. The Morgan fingerprint density at radius 1 is 0.862 bits per heavy atom. The van der Waals surface area contributed by atoms with Gasteiger partial charge in [-0.15, -0.1) is 0 Å². The highest BCUT2D eigenvalue weighted by Gasteiger charge is 2.53. The molecule has 0 saturated carbocycles. The highest BCUT2D eigenvalue weighted by atomic mass is 16.6. The zero-order valence-corrected chi connectivity index (χ0v) is 15.1. The lowest BCUT2D eigenvalue weighted by Crippen LogP contribution is -2.25. The van der Waals surface area contributed by atoms with Crippen molar-refractivity contribution >= 4 is 17.2 Å². The summed E-state index contributed by atoms with van der Waals surface area (Å²) >= 11 is 0. The van der Waals surface area contributed by atoms with Crippen LogP contribution in [0, 0.1) is 20.2 Å². The lowest BCUT2D eigenvalue weighted by molar-refractivity contribution is -0.385. The van der Waals surface area contributed by atoms with Gasteiger partial charge in [-0.1, -0.05) is 24.3 Å². The Hall–Kier alpha value is -3.87. The summed E-state index contributed by atoms with van der Waals surface area (Å²) in [5, 5.41) is 22.9. The van der Waals surface area contributed by atoms with Gasteiger partial charge in [0.15, 0.2) is 5.78 Å². The third kappa shape index (κ3) is 2.21. The van der Waals surface area contributed by atoms with Crippen LogP contribution in [0.2, 0.25) is 0 Å². The molecule has 0 N–H and O–H groups in total. The number of non-ortho nitro benzene ring substituents is 2. The molecule has 7 heteroatoms. The summed E-state index contributed by atoms with van der Waals surface area (Å²) in [5.74, 6) is -0.0342. The Bertz CT molecular complexity index is 1170. The lowest BCUT2D eigenvalue weighted by Gasteiger charge is -2.28. The van der Waals surface area contributed by atoms with Crippen molar-refractivity contribution in [3.63, 3.8) is 0 Å². The van der Waals surface area contributed by atoms with Crippen molar-refractivity contribution < 1.29 is 14.6 Å². The first-order chi connectivity index (χ1) is 13.9. The summed E-state index contributed by atoms with van der Waals surface area (Å²) in [6.45, 7) is 0. The van der Waals surface area contributed by atoms with Crippen molar-refractivity contribution in [2.45, 2.75) is 18.3 Å². The molecule has 1 spiro atoms. The van der Waals surface area contributed by atoms with Crippen LogP contribution in [-0.2, 0) is 10.2 Å². The van der Waals surface area contributed by atoms with Gasteiger partial charge in [0, 0.05) is 36.3 Å². The van der Waals surface area contributed by atoms with E-state index < -0.39 is 15.3 Å². The maximum atomic E-state index is 13.0. The highest BCUT2D eigenvalue weighted by Crippen LogP contribution is 2.60. The summed E-state index contributed by atoms with van der Waals surface area (Å²) in [5.41, 5.74) is 3.21. The topological polar surface area (TPSA) is 103 Å². The number of Topliss-reactive ketones (excluding diaryl/α,β-unsaturated/α-hetero) is 1. The van der Waals surface area contributed by atoms with Crippen LogP contribution in [0.15, 0.2) is 71.8 Å². The molecule has 0 aliphatic heterocycles. The maximum absolute atomic E-state index is 13.0. The van der Waals surface area contributed by atoms with Crippen molar-refractivity contribution in [3.05, 3.63) is 103 Å². The molecule has 5 rings (SSSR count). The second-order valence-electron chi connectivity index (χ2n) is 7.36. The quantitative estimate of drug-likeness (QED) is 0.556. The van der Waals surface area contributed by atoms with E-state index in [1.54, 1.807) is 12.1 Å². The van der Waals surface area contributed by atoms with E-state index in [0.717, 1.165) is 16.7 Å². The van der Waals surface area contributed by atoms with Crippen molar-refractivity contribution in [1.29, 1.82) is 0 Å². The van der Waals surface area contributed by atoms with Crippen LogP contribution in [0.3, 0.4) is 0 Å². The van der Waals surface area contributed by atoms with Crippen LogP contribution in [0.1, 0.15) is 24.0 Å². The Labute approximate surface area is 165 Å². The van der Waals surface area contributed by atoms with E-state index in [0.29, 0.717) is 23.1 Å². The first-order valence-corrected chi connectivity index (χ1v) is 9.12. The minimum atomic E-state index is -0.947. The molecular formula is C22H14N2O5. The number of fused-ring (bicyclic) bond motifs is 6. The van der Waals surface area contributed by atoms with Crippen molar-refractivity contribution in [2.24, 2.45) is 0 Å². The summed E-state index contributed by atoms with van der Waals surface area (Å²) in [7, 11) is 0. The predicted octanol–water partition coefficient (Wildman–Crippen LogP) is 4.56. The number of carbonyl (C=O) groups is 1. The van der Waals surface area contributed by atoms with Gasteiger partial charge < -0.3 is 0 Å². The van der Waals surface area contributed by atoms with E-state index in [1.807, 2.05) is 24.3 Å². The number of allylic oxidation sites excluding steroid dienone is 6. The summed E-state index contributed by atoms with van der Waals surface area (Å²) in [4.78, 5) is 34.9. The van der Waals surface area contributed by atoms with Crippen LogP contribution in [0.4, 0.5) is 11.4 Å². The van der Waals surface area contributed by atoms with E-state index in [1.165, 1.54) is 24.3 Å². The first-order valence-electron chi connectivity index (χ1n) is 9.12. The molecule has 0 radical (unpaired) electrons. The Morgan fingerprint density at radius 2 is 1.45 bits per heavy atom. The van der Waals surface area contributed by atoms with Crippen LogP contribution in [-0.4, -0.2) is 15.6 Å². The zero-order chi connectivity index (χ0) is 20.3. The summed E-state index contributed by atoms with van der Waals surface area (Å²) in [6, 6.07) is 9.23. The smallest absolute Gasteiger partial charge is 0.269 e. The SMILES string of the molecule is O=C1CC2(C3=C1CC=CC=C3)c1cc([N+](=O)[O-])ccc1-c1ccc([N+](=O)[O-])cc12. The lowest BCUT2D eigenvalue weighted by atomic mass is 9.72. The molecule has 3 aliphatic carbocycles. The van der Waals surface area contributed by atoms with Crippen LogP contribution < -0.4 is 0 Å². The maximum Gasteiger partial charge on any atom is 0.269 e. The number of rotatable bonds is 2. The first kappa shape index (κ1) is 17.2. The minimum absolute atomic E-state index is 0.0342. The second kappa shape index (κ2) is 5.81. The molecule has 0 unspecified atom stereocenters. The average molecular weight is 386 g/mol. The molecule has 0 bridgehead atoms. The molecule has 3 aliphatic rings. The van der Waals surface area contributed by atoms with E-state index in [9.17, 15) is 25.0 Å². The van der Waals surface area contributed by atoms with E-state index in [2.05, 4.69) is 0 Å². The normalized spacial score (nSPS) is 17.9. The fourth-order valence-corrected chi connectivity index (χ4v) is 4.83. The Kier molecular flexibility index (Phi) is 3.46. The zero-order valence-electron chi connectivity index (χ0n) is 15.1. The average Bonchev–Trinajstić information content (AvgIpc) is 2.99. The monoisotopic (exact) mass is 386 g/mol. The Morgan fingerprint density at radius 3 is 2.00 bits per heavy atom. The van der Waals surface area contributed by atoms with Gasteiger partial charge in [0.1, 0.15) is 0 Å². The largest absolute Gasteiger partial charge is 0.294 e. The minimum Gasteiger partial charge on any atom is -0.294 e. The summed E-state index contributed by atoms with van der Waals surface area (Å²) < 4.78 is 0. The predicted molar refractivity (Wildman–Crippen MR) is 106 cm³/mol. The van der Waals surface area contributed by atoms with Gasteiger partial charge in [0.25, 0.3) is 11.4 Å². The molecule has 2 aromatic rings. The molecular weight excluding hydrogens is 372 g/mol. The van der Waals surface area contributed by atoms with E-state index in [-0.39, 0.29) is 23.6 Å². The van der Waals surface area contributed by atoms with Gasteiger partial charge in [0.05, 0.1) is 15.3 Å². The molecule has 7 nitrogen and oxygen atoms in total. The van der Waals surface area contributed by atoms with Crippen LogP contribution in [0.25, 0.3) is 11.1 Å².